The predicted octanol–water partition coefficient (Wildman–Crippen LogP) is 2.86. The summed E-state index contributed by atoms with van der Waals surface area (Å²) in [4.78, 5) is 4.31. The zero-order valence-corrected chi connectivity index (χ0v) is 11.6. The molecule has 3 saturated carbocycles. The van der Waals surface area contributed by atoms with Crippen molar-refractivity contribution < 1.29 is 14.0 Å². The van der Waals surface area contributed by atoms with Gasteiger partial charge in [0, 0.05) is 12.0 Å². The van der Waals surface area contributed by atoms with Gasteiger partial charge in [0.1, 0.15) is 0 Å². The molecule has 19 heavy (non-hydrogen) atoms. The van der Waals surface area contributed by atoms with Crippen LogP contribution in [-0.2, 0) is 11.1 Å². The molecule has 1 N–H and O–H groups in total. The summed E-state index contributed by atoms with van der Waals surface area (Å²) in [6, 6.07) is 0. The molecule has 0 amide bonds. The molecule has 0 aromatic carbocycles. The summed E-state index contributed by atoms with van der Waals surface area (Å²) < 4.78 is 18.9. The van der Waals surface area contributed by atoms with Crippen molar-refractivity contribution in [2.75, 3.05) is 6.61 Å². The average Bonchev–Trinajstić information content (AvgIpc) is 2.91. The Morgan fingerprint density at radius 1 is 1.21 bits per heavy atom. The van der Waals surface area contributed by atoms with Crippen LogP contribution in [0.15, 0.2) is 4.52 Å². The van der Waals surface area contributed by atoms with Crippen LogP contribution in [0.25, 0.3) is 0 Å². The minimum Gasteiger partial charge on any atom is -0.396 e. The highest BCUT2D eigenvalue weighted by atomic mass is 19.1. The van der Waals surface area contributed by atoms with Gasteiger partial charge in [0.2, 0.25) is 0 Å². The number of aromatic nitrogens is 2. The molecule has 4 nitrogen and oxygen atoms in total. The molecule has 3 aliphatic carbocycles. The van der Waals surface area contributed by atoms with Gasteiger partial charge in [-0.15, -0.1) is 0 Å². The maximum Gasteiger partial charge on any atom is 0.263 e. The molecule has 3 aliphatic rings. The van der Waals surface area contributed by atoms with Crippen LogP contribution in [0, 0.1) is 5.41 Å². The fraction of sp³-hybridized carbons (Fsp3) is 0.857. The highest BCUT2D eigenvalue weighted by Crippen LogP contribution is 2.56. The van der Waals surface area contributed by atoms with E-state index in [9.17, 15) is 9.50 Å². The minimum atomic E-state index is -1.58. The van der Waals surface area contributed by atoms with Gasteiger partial charge in [-0.1, -0.05) is 5.16 Å². The summed E-state index contributed by atoms with van der Waals surface area (Å²) in [5, 5.41) is 13.6. The van der Waals surface area contributed by atoms with Crippen molar-refractivity contribution in [1.82, 2.24) is 10.1 Å². The van der Waals surface area contributed by atoms with Gasteiger partial charge in [-0.2, -0.15) is 4.98 Å². The second-order valence-electron chi connectivity index (χ2n) is 6.83. The summed E-state index contributed by atoms with van der Waals surface area (Å²) in [5.41, 5.74) is -1.52. The highest BCUT2D eigenvalue weighted by Gasteiger charge is 2.51. The first kappa shape index (κ1) is 13.0. The molecule has 1 aromatic rings. The molecule has 0 atom stereocenters. The second-order valence-corrected chi connectivity index (χ2v) is 6.83. The van der Waals surface area contributed by atoms with Crippen LogP contribution in [0.3, 0.4) is 0 Å². The van der Waals surface area contributed by atoms with E-state index >= 15 is 0 Å². The fourth-order valence-electron chi connectivity index (χ4n) is 3.52. The monoisotopic (exact) mass is 268 g/mol. The van der Waals surface area contributed by atoms with Gasteiger partial charge in [0.15, 0.2) is 11.5 Å². The molecule has 1 heterocycles. The molecule has 3 fully saturated rings. The van der Waals surface area contributed by atoms with Gasteiger partial charge in [0.05, 0.1) is 0 Å². The lowest BCUT2D eigenvalue weighted by molar-refractivity contribution is -0.0104. The molecule has 0 aliphatic heterocycles. The van der Waals surface area contributed by atoms with Crippen molar-refractivity contribution in [3.05, 3.63) is 11.7 Å². The first-order valence-corrected chi connectivity index (χ1v) is 7.04. The zero-order valence-electron chi connectivity index (χ0n) is 11.6. The van der Waals surface area contributed by atoms with E-state index in [0.717, 1.165) is 38.5 Å². The Kier molecular flexibility index (Phi) is 2.75. The number of rotatable bonds is 3. The standard InChI is InChI=1S/C14H21FN2O2/c1-12(2,15)11-16-10(17-19-11)14-6-3-13(9-18,4-7-14)5-8-14/h18H,3-9H2,1-2H3. The van der Waals surface area contributed by atoms with Crippen LogP contribution in [-0.4, -0.2) is 21.9 Å². The molecule has 0 unspecified atom stereocenters. The Morgan fingerprint density at radius 2 is 1.79 bits per heavy atom. The van der Waals surface area contributed by atoms with E-state index in [0.29, 0.717) is 5.82 Å². The van der Waals surface area contributed by atoms with Gasteiger partial charge >= 0.3 is 0 Å². The molecule has 0 saturated heterocycles. The number of aliphatic hydroxyl groups is 1. The van der Waals surface area contributed by atoms with E-state index in [1.807, 2.05) is 0 Å². The molecule has 106 valence electrons. The van der Waals surface area contributed by atoms with Gasteiger partial charge in [-0.25, -0.2) is 4.39 Å². The molecule has 0 radical (unpaired) electrons. The third-order valence-electron chi connectivity index (χ3n) is 5.15. The maximum atomic E-state index is 13.8. The van der Waals surface area contributed by atoms with Crippen molar-refractivity contribution in [3.63, 3.8) is 0 Å². The van der Waals surface area contributed by atoms with Crippen LogP contribution in [0.1, 0.15) is 64.1 Å². The Bertz CT molecular complexity index is 454. The van der Waals surface area contributed by atoms with E-state index in [-0.39, 0.29) is 23.3 Å². The fourth-order valence-corrected chi connectivity index (χ4v) is 3.52. The normalized spacial score (nSPS) is 34.7. The lowest BCUT2D eigenvalue weighted by atomic mass is 9.54. The van der Waals surface area contributed by atoms with E-state index in [4.69, 9.17) is 4.52 Å². The Morgan fingerprint density at radius 3 is 2.21 bits per heavy atom. The third-order valence-corrected chi connectivity index (χ3v) is 5.15. The van der Waals surface area contributed by atoms with E-state index < -0.39 is 5.67 Å². The molecular formula is C14H21FN2O2. The molecular weight excluding hydrogens is 247 g/mol. The summed E-state index contributed by atoms with van der Waals surface area (Å²) in [7, 11) is 0. The predicted molar refractivity (Wildman–Crippen MR) is 67.3 cm³/mol. The molecule has 0 spiro atoms. The number of halogens is 1. The topological polar surface area (TPSA) is 59.2 Å². The number of fused-ring (bicyclic) bond motifs is 3. The Labute approximate surface area is 112 Å². The molecule has 4 rings (SSSR count). The summed E-state index contributed by atoms with van der Waals surface area (Å²) in [6.07, 6.45) is 5.93. The Hall–Kier alpha value is -0.970. The number of hydrogen-bond donors (Lipinski definition) is 1. The minimum absolute atomic E-state index is 0.0517. The summed E-state index contributed by atoms with van der Waals surface area (Å²) >= 11 is 0. The largest absolute Gasteiger partial charge is 0.396 e. The van der Waals surface area contributed by atoms with Crippen LogP contribution < -0.4 is 0 Å². The summed E-state index contributed by atoms with van der Waals surface area (Å²) in [5.74, 6) is 0.737. The van der Waals surface area contributed by atoms with E-state index in [1.54, 1.807) is 0 Å². The van der Waals surface area contributed by atoms with Crippen molar-refractivity contribution in [1.29, 1.82) is 0 Å². The zero-order chi connectivity index (χ0) is 13.7. The third kappa shape index (κ3) is 1.98. The SMILES string of the molecule is CC(C)(F)c1nc(C23CCC(CO)(CC2)CC3)no1. The lowest BCUT2D eigenvalue weighted by Gasteiger charge is -2.51. The molecule has 1 aromatic heterocycles. The van der Waals surface area contributed by atoms with Crippen LogP contribution in [0.4, 0.5) is 4.39 Å². The van der Waals surface area contributed by atoms with Crippen LogP contribution in [0.5, 0.6) is 0 Å². The van der Waals surface area contributed by atoms with Gasteiger partial charge in [0.25, 0.3) is 5.89 Å². The van der Waals surface area contributed by atoms with Crippen molar-refractivity contribution >= 4 is 0 Å². The number of alkyl halides is 1. The van der Waals surface area contributed by atoms with Crippen LogP contribution >= 0.6 is 0 Å². The maximum absolute atomic E-state index is 13.8. The van der Waals surface area contributed by atoms with Crippen molar-refractivity contribution in [3.8, 4) is 0 Å². The quantitative estimate of drug-likeness (QED) is 0.915. The van der Waals surface area contributed by atoms with Gasteiger partial charge in [-0.05, 0) is 57.8 Å². The molecule has 2 bridgehead atoms. The Balaban J connectivity index is 1.86. The average molecular weight is 268 g/mol. The number of aliphatic hydroxyl groups excluding tert-OH is 1. The lowest BCUT2D eigenvalue weighted by Crippen LogP contribution is -2.46. The van der Waals surface area contributed by atoms with Crippen LogP contribution in [0.2, 0.25) is 0 Å². The highest BCUT2D eigenvalue weighted by molar-refractivity contribution is 5.15. The van der Waals surface area contributed by atoms with Crippen molar-refractivity contribution in [2.45, 2.75) is 63.5 Å². The first-order valence-electron chi connectivity index (χ1n) is 7.04. The van der Waals surface area contributed by atoms with E-state index in [1.165, 1.54) is 13.8 Å². The van der Waals surface area contributed by atoms with E-state index in [2.05, 4.69) is 10.1 Å². The smallest absolute Gasteiger partial charge is 0.263 e. The molecule has 5 heteroatoms. The summed E-state index contributed by atoms with van der Waals surface area (Å²) in [6.45, 7) is 3.14. The number of hydrogen-bond acceptors (Lipinski definition) is 4. The second kappa shape index (κ2) is 4.01. The first-order chi connectivity index (χ1) is 8.89. The van der Waals surface area contributed by atoms with Crippen molar-refractivity contribution in [2.24, 2.45) is 5.41 Å². The van der Waals surface area contributed by atoms with Gasteiger partial charge in [-0.3, -0.25) is 0 Å². The number of nitrogens with zero attached hydrogens (tertiary/aromatic N) is 2. The van der Waals surface area contributed by atoms with Gasteiger partial charge < -0.3 is 9.63 Å².